The molecule has 1 fully saturated rings. The molecule has 17 heavy (non-hydrogen) atoms. The van der Waals surface area contributed by atoms with Crippen LogP contribution in [-0.2, 0) is 0 Å². The molecule has 0 atom stereocenters. The van der Waals surface area contributed by atoms with E-state index in [0.717, 1.165) is 13.1 Å². The lowest BCUT2D eigenvalue weighted by Gasteiger charge is -2.42. The second-order valence-electron chi connectivity index (χ2n) is 4.68. The van der Waals surface area contributed by atoms with Crippen LogP contribution in [-0.4, -0.2) is 36.0 Å². The molecule has 3 nitrogen and oxygen atoms in total. The molecule has 1 N–H and O–H groups in total. The molecule has 6 heteroatoms. The summed E-state index contributed by atoms with van der Waals surface area (Å²) in [5.41, 5.74) is 0.309. The van der Waals surface area contributed by atoms with E-state index in [4.69, 9.17) is 23.2 Å². The molecule has 0 bridgehead atoms. The molecule has 0 aromatic carbocycles. The van der Waals surface area contributed by atoms with Gasteiger partial charge in [0.1, 0.15) is 4.34 Å². The van der Waals surface area contributed by atoms with Crippen molar-refractivity contribution in [3.63, 3.8) is 0 Å². The molecule has 0 spiro atoms. The van der Waals surface area contributed by atoms with E-state index in [2.05, 4.69) is 5.32 Å². The SMILES string of the molecule is CC1(C)CNCCN1C(=O)c1cc(Cl)sc1Cl. The lowest BCUT2D eigenvalue weighted by atomic mass is 9.99. The highest BCUT2D eigenvalue weighted by Gasteiger charge is 2.34. The first-order chi connectivity index (χ1) is 7.92. The van der Waals surface area contributed by atoms with Crippen LogP contribution in [0, 0.1) is 0 Å². The predicted molar refractivity (Wildman–Crippen MR) is 72.3 cm³/mol. The van der Waals surface area contributed by atoms with Gasteiger partial charge in [0.05, 0.1) is 15.4 Å². The van der Waals surface area contributed by atoms with Crippen molar-refractivity contribution < 1.29 is 4.79 Å². The molecule has 94 valence electrons. The first kappa shape index (κ1) is 13.1. The normalized spacial score (nSPS) is 19.4. The number of rotatable bonds is 1. The first-order valence-electron chi connectivity index (χ1n) is 5.39. The van der Waals surface area contributed by atoms with Crippen LogP contribution in [0.5, 0.6) is 0 Å². The quantitative estimate of drug-likeness (QED) is 0.863. The maximum absolute atomic E-state index is 12.4. The van der Waals surface area contributed by atoms with Gasteiger partial charge in [0, 0.05) is 19.6 Å². The molecule has 1 aliphatic heterocycles. The smallest absolute Gasteiger partial charge is 0.256 e. The third kappa shape index (κ3) is 2.60. The number of hydrogen-bond donors (Lipinski definition) is 1. The lowest BCUT2D eigenvalue weighted by molar-refractivity contribution is 0.0478. The maximum atomic E-state index is 12.4. The van der Waals surface area contributed by atoms with E-state index in [9.17, 15) is 4.79 Å². The highest BCUT2D eigenvalue weighted by molar-refractivity contribution is 7.20. The number of piperazine rings is 1. The van der Waals surface area contributed by atoms with Gasteiger partial charge in [0.15, 0.2) is 0 Å². The Hall–Kier alpha value is -0.290. The Morgan fingerprint density at radius 2 is 2.24 bits per heavy atom. The lowest BCUT2D eigenvalue weighted by Crippen LogP contribution is -2.59. The van der Waals surface area contributed by atoms with Crippen LogP contribution in [0.4, 0.5) is 0 Å². The minimum atomic E-state index is -0.201. The van der Waals surface area contributed by atoms with Gasteiger partial charge in [0.25, 0.3) is 5.91 Å². The maximum Gasteiger partial charge on any atom is 0.256 e. The van der Waals surface area contributed by atoms with Gasteiger partial charge >= 0.3 is 0 Å². The number of halogens is 2. The van der Waals surface area contributed by atoms with E-state index in [-0.39, 0.29) is 11.4 Å². The third-order valence-corrected chi connectivity index (χ3v) is 4.42. The van der Waals surface area contributed by atoms with Crippen molar-refractivity contribution in [2.75, 3.05) is 19.6 Å². The zero-order valence-electron chi connectivity index (χ0n) is 9.72. The monoisotopic (exact) mass is 292 g/mol. The molecule has 1 aromatic heterocycles. The number of carbonyl (C=O) groups excluding carboxylic acids is 1. The van der Waals surface area contributed by atoms with Gasteiger partial charge < -0.3 is 10.2 Å². The van der Waals surface area contributed by atoms with Gasteiger partial charge in [-0.2, -0.15) is 0 Å². The van der Waals surface area contributed by atoms with Crippen molar-refractivity contribution in [1.29, 1.82) is 0 Å². The summed E-state index contributed by atoms with van der Waals surface area (Å²) in [7, 11) is 0. The summed E-state index contributed by atoms with van der Waals surface area (Å²) in [5.74, 6) is -0.0374. The zero-order chi connectivity index (χ0) is 12.6. The Labute approximate surface area is 115 Å². The van der Waals surface area contributed by atoms with E-state index in [1.165, 1.54) is 11.3 Å². The van der Waals surface area contributed by atoms with E-state index >= 15 is 0 Å². The summed E-state index contributed by atoms with van der Waals surface area (Å²) in [4.78, 5) is 14.3. The zero-order valence-corrected chi connectivity index (χ0v) is 12.0. The van der Waals surface area contributed by atoms with Crippen LogP contribution < -0.4 is 5.32 Å². The number of thiophene rings is 1. The summed E-state index contributed by atoms with van der Waals surface area (Å²) in [6.45, 7) is 6.37. The number of hydrogen-bond acceptors (Lipinski definition) is 3. The molecule has 2 heterocycles. The van der Waals surface area contributed by atoms with Crippen LogP contribution in [0.3, 0.4) is 0 Å². The molecule has 1 saturated heterocycles. The number of nitrogens with one attached hydrogen (secondary N) is 1. The van der Waals surface area contributed by atoms with Crippen LogP contribution in [0.25, 0.3) is 0 Å². The average Bonchev–Trinajstić information content (AvgIpc) is 2.56. The predicted octanol–water partition coefficient (Wildman–Crippen LogP) is 2.88. The number of nitrogens with zero attached hydrogens (tertiary/aromatic N) is 1. The van der Waals surface area contributed by atoms with Gasteiger partial charge in [-0.05, 0) is 19.9 Å². The van der Waals surface area contributed by atoms with Crippen molar-refractivity contribution in [1.82, 2.24) is 10.2 Å². The second kappa shape index (κ2) is 4.76. The van der Waals surface area contributed by atoms with E-state index < -0.39 is 0 Å². The molecular formula is C11H14Cl2N2OS. The average molecular weight is 293 g/mol. The van der Waals surface area contributed by atoms with Crippen LogP contribution >= 0.6 is 34.5 Å². The van der Waals surface area contributed by atoms with Crippen LogP contribution in [0.2, 0.25) is 8.67 Å². The Morgan fingerprint density at radius 1 is 1.53 bits per heavy atom. The Balaban J connectivity index is 2.28. The fraction of sp³-hybridized carbons (Fsp3) is 0.545. The molecule has 1 amide bonds. The van der Waals surface area contributed by atoms with Crippen LogP contribution in [0.15, 0.2) is 6.07 Å². The fourth-order valence-electron chi connectivity index (χ4n) is 1.99. The topological polar surface area (TPSA) is 32.3 Å². The molecule has 1 aromatic rings. The fourth-order valence-corrected chi connectivity index (χ4v) is 3.44. The van der Waals surface area contributed by atoms with E-state index in [1.54, 1.807) is 6.07 Å². The van der Waals surface area contributed by atoms with E-state index in [0.29, 0.717) is 20.8 Å². The van der Waals surface area contributed by atoms with E-state index in [1.807, 2.05) is 18.7 Å². The highest BCUT2D eigenvalue weighted by Crippen LogP contribution is 2.33. The number of amides is 1. The molecule has 0 unspecified atom stereocenters. The van der Waals surface area contributed by atoms with Gasteiger partial charge in [-0.1, -0.05) is 23.2 Å². The number of carbonyl (C=O) groups is 1. The highest BCUT2D eigenvalue weighted by atomic mass is 35.5. The summed E-state index contributed by atoms with van der Waals surface area (Å²) in [6.07, 6.45) is 0. The van der Waals surface area contributed by atoms with Crippen LogP contribution in [0.1, 0.15) is 24.2 Å². The van der Waals surface area contributed by atoms with Crippen molar-refractivity contribution in [3.8, 4) is 0 Å². The third-order valence-electron chi connectivity index (χ3n) is 2.93. The summed E-state index contributed by atoms with van der Waals surface area (Å²) in [6, 6.07) is 1.65. The molecular weight excluding hydrogens is 279 g/mol. The molecule has 0 radical (unpaired) electrons. The minimum Gasteiger partial charge on any atom is -0.331 e. The summed E-state index contributed by atoms with van der Waals surface area (Å²) in [5, 5.41) is 3.28. The molecule has 0 saturated carbocycles. The summed E-state index contributed by atoms with van der Waals surface area (Å²) >= 11 is 13.1. The minimum absolute atomic E-state index is 0.0374. The largest absolute Gasteiger partial charge is 0.331 e. The van der Waals surface area contributed by atoms with Crippen molar-refractivity contribution in [2.24, 2.45) is 0 Å². The Morgan fingerprint density at radius 3 is 2.76 bits per heavy atom. The molecule has 2 rings (SSSR count). The van der Waals surface area contributed by atoms with Crippen molar-refractivity contribution in [3.05, 3.63) is 20.3 Å². The van der Waals surface area contributed by atoms with Gasteiger partial charge in [-0.3, -0.25) is 4.79 Å². The molecule has 1 aliphatic rings. The molecule has 0 aliphatic carbocycles. The van der Waals surface area contributed by atoms with Gasteiger partial charge in [-0.15, -0.1) is 11.3 Å². The first-order valence-corrected chi connectivity index (χ1v) is 6.96. The standard InChI is InChI=1S/C11H14Cl2N2OS/c1-11(2)6-14-3-4-15(11)10(16)7-5-8(12)17-9(7)13/h5,14H,3-4,6H2,1-2H3. The van der Waals surface area contributed by atoms with Crippen molar-refractivity contribution in [2.45, 2.75) is 19.4 Å². The van der Waals surface area contributed by atoms with Gasteiger partial charge in [-0.25, -0.2) is 0 Å². The Kier molecular flexibility index (Phi) is 3.69. The second-order valence-corrected chi connectivity index (χ2v) is 6.97. The Bertz CT molecular complexity index is 445. The van der Waals surface area contributed by atoms with Gasteiger partial charge in [0.2, 0.25) is 0 Å². The van der Waals surface area contributed by atoms with Crippen molar-refractivity contribution >= 4 is 40.4 Å². The summed E-state index contributed by atoms with van der Waals surface area (Å²) < 4.78 is 1.01.